The highest BCUT2D eigenvalue weighted by Gasteiger charge is 2.17. The predicted molar refractivity (Wildman–Crippen MR) is 102 cm³/mol. The zero-order valence-corrected chi connectivity index (χ0v) is 14.9. The van der Waals surface area contributed by atoms with Gasteiger partial charge in [0.15, 0.2) is 0 Å². The maximum atomic E-state index is 12.9. The van der Waals surface area contributed by atoms with Gasteiger partial charge in [0.1, 0.15) is 0 Å². The fraction of sp³-hybridized carbons (Fsp3) is 0.263. The van der Waals surface area contributed by atoms with Crippen LogP contribution in [0.15, 0.2) is 53.3 Å². The number of aryl methyl sites for hydroxylation is 1. The number of nitrogens with zero attached hydrogens (tertiary/aromatic N) is 3. The summed E-state index contributed by atoms with van der Waals surface area (Å²) in [5.41, 5.74) is 1.18. The average molecular weight is 368 g/mol. The highest BCUT2D eigenvalue weighted by molar-refractivity contribution is 5.81. The fourth-order valence-corrected chi connectivity index (χ4v) is 3.08. The van der Waals surface area contributed by atoms with Crippen molar-refractivity contribution in [3.63, 3.8) is 0 Å². The predicted octanol–water partition coefficient (Wildman–Crippen LogP) is 2.29. The van der Waals surface area contributed by atoms with Gasteiger partial charge in [0.2, 0.25) is 5.91 Å². The molecule has 1 N–H and O–H groups in total. The maximum absolute atomic E-state index is 12.9. The van der Waals surface area contributed by atoms with Crippen molar-refractivity contribution in [2.75, 3.05) is 7.05 Å². The van der Waals surface area contributed by atoms with Gasteiger partial charge in [-0.1, -0.05) is 30.3 Å². The number of aromatic nitrogens is 2. The molecule has 2 aromatic carbocycles. The lowest BCUT2D eigenvalue weighted by atomic mass is 10.2. The summed E-state index contributed by atoms with van der Waals surface area (Å²) in [5, 5.41) is 13.9. The smallest absolute Gasteiger partial charge is 0.275 e. The summed E-state index contributed by atoms with van der Waals surface area (Å²) in [4.78, 5) is 35.0. The van der Waals surface area contributed by atoms with Gasteiger partial charge in [-0.15, -0.1) is 0 Å². The first-order chi connectivity index (χ1) is 13.0. The molecule has 8 heteroatoms. The van der Waals surface area contributed by atoms with E-state index in [1.54, 1.807) is 22.5 Å². The fourth-order valence-electron chi connectivity index (χ4n) is 3.08. The first-order valence-corrected chi connectivity index (χ1v) is 8.63. The van der Waals surface area contributed by atoms with E-state index in [4.69, 9.17) is 0 Å². The molecule has 0 atom stereocenters. The van der Waals surface area contributed by atoms with Crippen LogP contribution in [0.5, 0.6) is 0 Å². The van der Waals surface area contributed by atoms with Crippen LogP contribution in [0.25, 0.3) is 10.9 Å². The molecule has 0 saturated carbocycles. The summed E-state index contributed by atoms with van der Waals surface area (Å²) in [6, 6.07) is 13.8. The number of carbonyl (C=O) groups is 1. The zero-order chi connectivity index (χ0) is 19.4. The van der Waals surface area contributed by atoms with Crippen molar-refractivity contribution in [1.29, 1.82) is 0 Å². The summed E-state index contributed by atoms with van der Waals surface area (Å²) >= 11 is 0. The molecule has 0 radical (unpaired) electrons. The molecule has 0 bridgehead atoms. The minimum atomic E-state index is -0.511. The van der Waals surface area contributed by atoms with E-state index in [2.05, 4.69) is 5.32 Å². The third-order valence-corrected chi connectivity index (χ3v) is 4.45. The second kappa shape index (κ2) is 7.86. The normalized spacial score (nSPS) is 10.9. The van der Waals surface area contributed by atoms with Crippen LogP contribution in [0.3, 0.4) is 0 Å². The van der Waals surface area contributed by atoms with E-state index >= 15 is 0 Å². The highest BCUT2D eigenvalue weighted by Crippen LogP contribution is 2.20. The monoisotopic (exact) mass is 368 g/mol. The van der Waals surface area contributed by atoms with Crippen molar-refractivity contribution in [3.05, 3.63) is 74.6 Å². The summed E-state index contributed by atoms with van der Waals surface area (Å²) < 4.78 is 3.38. The molecule has 0 unspecified atom stereocenters. The number of hydrogen-bond acceptors (Lipinski definition) is 4. The Morgan fingerprint density at radius 1 is 1.15 bits per heavy atom. The molecule has 0 aliphatic rings. The van der Waals surface area contributed by atoms with Crippen LogP contribution in [0, 0.1) is 10.1 Å². The van der Waals surface area contributed by atoms with Gasteiger partial charge >= 0.3 is 0 Å². The van der Waals surface area contributed by atoms with Crippen LogP contribution < -0.4 is 10.9 Å². The SMILES string of the molecule is CNC(=O)CCCn1c2ccc([N+](=O)[O-])cc2c(=O)n1Cc1ccccc1. The minimum absolute atomic E-state index is 0.0703. The van der Waals surface area contributed by atoms with Crippen LogP contribution in [0.4, 0.5) is 5.69 Å². The molecule has 1 aromatic heterocycles. The van der Waals surface area contributed by atoms with Crippen LogP contribution in [-0.4, -0.2) is 27.2 Å². The number of amides is 1. The molecule has 0 fully saturated rings. The van der Waals surface area contributed by atoms with E-state index in [-0.39, 0.29) is 17.2 Å². The summed E-state index contributed by atoms with van der Waals surface area (Å²) in [7, 11) is 1.58. The first-order valence-electron chi connectivity index (χ1n) is 8.63. The number of non-ortho nitro benzene ring substituents is 1. The summed E-state index contributed by atoms with van der Waals surface area (Å²) in [5.74, 6) is -0.0703. The molecule has 0 aliphatic heterocycles. The number of hydrogen-bond donors (Lipinski definition) is 1. The van der Waals surface area contributed by atoms with Crippen molar-refractivity contribution in [2.45, 2.75) is 25.9 Å². The molecule has 0 saturated heterocycles. The lowest BCUT2D eigenvalue weighted by molar-refractivity contribution is -0.384. The third kappa shape index (κ3) is 3.89. The van der Waals surface area contributed by atoms with Gasteiger partial charge in [-0.05, 0) is 18.1 Å². The number of rotatable bonds is 7. The molecular formula is C19H20N4O4. The molecule has 27 heavy (non-hydrogen) atoms. The van der Waals surface area contributed by atoms with Gasteiger partial charge < -0.3 is 5.32 Å². The largest absolute Gasteiger partial charge is 0.359 e. The van der Waals surface area contributed by atoms with Crippen LogP contribution in [-0.2, 0) is 17.9 Å². The Morgan fingerprint density at radius 2 is 1.89 bits per heavy atom. The maximum Gasteiger partial charge on any atom is 0.275 e. The highest BCUT2D eigenvalue weighted by atomic mass is 16.6. The molecule has 0 aliphatic carbocycles. The van der Waals surface area contributed by atoms with E-state index in [9.17, 15) is 19.7 Å². The van der Waals surface area contributed by atoms with Crippen molar-refractivity contribution in [1.82, 2.24) is 14.7 Å². The molecule has 8 nitrogen and oxygen atoms in total. The second-order valence-corrected chi connectivity index (χ2v) is 6.21. The number of benzene rings is 2. The van der Waals surface area contributed by atoms with E-state index in [0.29, 0.717) is 36.8 Å². The number of nitro benzene ring substituents is 1. The number of nitro groups is 1. The van der Waals surface area contributed by atoms with Crippen LogP contribution >= 0.6 is 0 Å². The Kier molecular flexibility index (Phi) is 5.35. The van der Waals surface area contributed by atoms with E-state index < -0.39 is 4.92 Å². The van der Waals surface area contributed by atoms with Gasteiger partial charge in [0.05, 0.1) is 22.4 Å². The van der Waals surface area contributed by atoms with Crippen molar-refractivity contribution in [3.8, 4) is 0 Å². The first kappa shape index (κ1) is 18.4. The van der Waals surface area contributed by atoms with E-state index in [1.807, 2.05) is 30.3 Å². The van der Waals surface area contributed by atoms with Gasteiger partial charge in [0, 0.05) is 32.1 Å². The van der Waals surface area contributed by atoms with Crippen molar-refractivity contribution in [2.24, 2.45) is 0 Å². The Morgan fingerprint density at radius 3 is 2.56 bits per heavy atom. The van der Waals surface area contributed by atoms with Gasteiger partial charge in [-0.2, -0.15) is 0 Å². The number of nitrogens with one attached hydrogen (secondary N) is 1. The van der Waals surface area contributed by atoms with E-state index in [1.165, 1.54) is 12.1 Å². The Labute approximate surface area is 155 Å². The van der Waals surface area contributed by atoms with Gasteiger partial charge in [0.25, 0.3) is 11.2 Å². The topological polar surface area (TPSA) is 99.2 Å². The Bertz CT molecular complexity index is 1040. The van der Waals surface area contributed by atoms with Crippen LogP contribution in [0.2, 0.25) is 0 Å². The quantitative estimate of drug-likeness (QED) is 0.511. The average Bonchev–Trinajstić information content (AvgIpc) is 2.94. The Balaban J connectivity index is 2.05. The molecule has 3 rings (SSSR count). The van der Waals surface area contributed by atoms with Gasteiger partial charge in [-0.25, -0.2) is 4.68 Å². The van der Waals surface area contributed by atoms with Gasteiger partial charge in [-0.3, -0.25) is 24.4 Å². The number of carbonyl (C=O) groups excluding carboxylic acids is 1. The summed E-state index contributed by atoms with van der Waals surface area (Å²) in [6.45, 7) is 0.804. The van der Waals surface area contributed by atoms with E-state index in [0.717, 1.165) is 5.56 Å². The third-order valence-electron chi connectivity index (χ3n) is 4.45. The number of fused-ring (bicyclic) bond motifs is 1. The standard InChI is InChI=1S/C19H20N4O4/c1-20-18(24)8-5-11-21-17-10-9-15(23(26)27)12-16(17)19(25)22(21)13-14-6-3-2-4-7-14/h2-4,6-7,9-10,12H,5,8,11,13H2,1H3,(H,20,24). The van der Waals surface area contributed by atoms with Crippen LogP contribution in [0.1, 0.15) is 18.4 Å². The lowest BCUT2D eigenvalue weighted by Crippen LogP contribution is -2.24. The van der Waals surface area contributed by atoms with Crippen molar-refractivity contribution >= 4 is 22.5 Å². The molecule has 1 amide bonds. The Hall–Kier alpha value is -3.42. The minimum Gasteiger partial charge on any atom is -0.359 e. The molecular weight excluding hydrogens is 348 g/mol. The molecule has 0 spiro atoms. The second-order valence-electron chi connectivity index (χ2n) is 6.21. The lowest BCUT2D eigenvalue weighted by Gasteiger charge is -2.13. The zero-order valence-electron chi connectivity index (χ0n) is 14.9. The summed E-state index contributed by atoms with van der Waals surface area (Å²) in [6.07, 6.45) is 0.886. The van der Waals surface area contributed by atoms with Crippen molar-refractivity contribution < 1.29 is 9.72 Å². The molecule has 140 valence electrons. The molecule has 3 aromatic rings. The molecule has 1 heterocycles.